The summed E-state index contributed by atoms with van der Waals surface area (Å²) < 4.78 is 47.0. The zero-order valence-electron chi connectivity index (χ0n) is 27.5. The number of ether oxygens (including phenoxy) is 2. The predicted octanol–water partition coefficient (Wildman–Crippen LogP) is 5.86. The molecule has 0 bridgehead atoms. The maximum absolute atomic E-state index is 14.6. The number of nitrogens with zero attached hydrogens (tertiary/aromatic N) is 3. The minimum absolute atomic E-state index is 0.0184. The Bertz CT molecular complexity index is 2080. The van der Waals surface area contributed by atoms with Gasteiger partial charge in [-0.05, 0) is 61.4 Å². The van der Waals surface area contributed by atoms with Crippen molar-refractivity contribution in [2.24, 2.45) is 0 Å². The van der Waals surface area contributed by atoms with Crippen LogP contribution in [0.2, 0.25) is 0 Å². The van der Waals surface area contributed by atoms with Gasteiger partial charge in [0.2, 0.25) is 5.76 Å². The predicted molar refractivity (Wildman–Crippen MR) is 187 cm³/mol. The first-order valence-corrected chi connectivity index (χ1v) is 17.3. The molecule has 12 heteroatoms. The van der Waals surface area contributed by atoms with Crippen molar-refractivity contribution < 1.29 is 37.0 Å². The maximum Gasteiger partial charge on any atom is 0.372 e. The van der Waals surface area contributed by atoms with Crippen LogP contribution >= 0.6 is 0 Å². The fourth-order valence-corrected chi connectivity index (χ4v) is 7.76. The topological polar surface area (TPSA) is 130 Å². The number of hydrogen-bond acceptors (Lipinski definition) is 8. The number of carbonyl (C=O) groups is 2. The Labute approximate surface area is 284 Å². The number of carboxylic acid groups (broad SMARTS) is 1. The van der Waals surface area contributed by atoms with E-state index in [4.69, 9.17) is 13.9 Å². The van der Waals surface area contributed by atoms with Crippen LogP contribution < -0.4 is 18.7 Å². The number of piperazine rings is 1. The third kappa shape index (κ3) is 6.51. The monoisotopic (exact) mass is 683 g/mol. The van der Waals surface area contributed by atoms with Gasteiger partial charge in [0.15, 0.2) is 0 Å². The first-order valence-electron chi connectivity index (χ1n) is 15.8. The molecule has 254 valence electrons. The van der Waals surface area contributed by atoms with E-state index >= 15 is 0 Å². The highest BCUT2D eigenvalue weighted by Gasteiger charge is 2.32. The number of carboxylic acids is 1. The summed E-state index contributed by atoms with van der Waals surface area (Å²) in [6, 6.07) is 26.6. The summed E-state index contributed by atoms with van der Waals surface area (Å²) in [7, 11) is -1.13. The Morgan fingerprint density at radius 2 is 1.51 bits per heavy atom. The van der Waals surface area contributed by atoms with Crippen molar-refractivity contribution in [3.8, 4) is 11.5 Å². The molecule has 5 aromatic rings. The lowest BCUT2D eigenvalue weighted by Crippen LogP contribution is -2.49. The molecule has 1 aliphatic heterocycles. The number of anilines is 2. The molecule has 1 N–H and O–H groups in total. The molecule has 1 aliphatic rings. The summed E-state index contributed by atoms with van der Waals surface area (Å²) >= 11 is 0. The van der Waals surface area contributed by atoms with E-state index in [-0.39, 0.29) is 23.1 Å². The molecule has 4 aromatic carbocycles. The van der Waals surface area contributed by atoms with Crippen LogP contribution in [0.3, 0.4) is 0 Å². The third-order valence-corrected chi connectivity index (χ3v) is 10.6. The van der Waals surface area contributed by atoms with Crippen LogP contribution in [0.25, 0.3) is 11.0 Å². The maximum atomic E-state index is 14.6. The standard InChI is InChI=1S/C37H37N3O8S/c1-25-28-24-27(16-17-31(28)48-35(25)37(42)43)49(44,45)40(19-18-26-10-5-4-6-11-26)30-13-8-7-12-29(30)38-20-22-39(23-21-38)36(41)34-32(46-2)14-9-15-33(34)47-3/h4-17,24H,18-23H2,1-3H3,(H,42,43). The molecule has 1 amide bonds. The number of para-hydroxylation sites is 2. The van der Waals surface area contributed by atoms with Crippen molar-refractivity contribution in [3.05, 3.63) is 113 Å². The number of methoxy groups -OCH3 is 2. The van der Waals surface area contributed by atoms with E-state index in [9.17, 15) is 23.1 Å². The van der Waals surface area contributed by atoms with Gasteiger partial charge in [0.05, 0.1) is 30.5 Å². The molecule has 2 heterocycles. The van der Waals surface area contributed by atoms with Crippen LogP contribution in [0.15, 0.2) is 100 Å². The fraction of sp³-hybridized carbons (Fsp3) is 0.243. The number of fused-ring (bicyclic) bond motifs is 1. The number of amides is 1. The zero-order chi connectivity index (χ0) is 34.7. The summed E-state index contributed by atoms with van der Waals surface area (Å²) in [5.41, 5.74) is 3.21. The van der Waals surface area contributed by atoms with E-state index < -0.39 is 16.0 Å². The normalized spacial score (nSPS) is 13.4. The van der Waals surface area contributed by atoms with Crippen molar-refractivity contribution in [2.45, 2.75) is 18.2 Å². The van der Waals surface area contributed by atoms with Gasteiger partial charge in [-0.2, -0.15) is 0 Å². The summed E-state index contributed by atoms with van der Waals surface area (Å²) in [6.45, 7) is 3.47. The number of hydrogen-bond donors (Lipinski definition) is 1. The molecule has 1 saturated heterocycles. The van der Waals surface area contributed by atoms with E-state index in [0.717, 1.165) is 11.3 Å². The van der Waals surface area contributed by atoms with Gasteiger partial charge in [-0.3, -0.25) is 9.10 Å². The van der Waals surface area contributed by atoms with Gasteiger partial charge < -0.3 is 28.8 Å². The van der Waals surface area contributed by atoms with Crippen molar-refractivity contribution in [1.82, 2.24) is 4.90 Å². The largest absolute Gasteiger partial charge is 0.496 e. The second-order valence-electron chi connectivity index (χ2n) is 11.6. The van der Waals surface area contributed by atoms with Gasteiger partial charge in [-0.15, -0.1) is 0 Å². The van der Waals surface area contributed by atoms with Crippen molar-refractivity contribution in [2.75, 3.05) is 56.1 Å². The summed E-state index contributed by atoms with van der Waals surface area (Å²) in [4.78, 5) is 29.2. The van der Waals surface area contributed by atoms with E-state index in [0.29, 0.717) is 71.9 Å². The molecule has 6 rings (SSSR count). The molecule has 49 heavy (non-hydrogen) atoms. The average Bonchev–Trinajstić information content (AvgIpc) is 3.47. The van der Waals surface area contributed by atoms with Gasteiger partial charge in [-0.1, -0.05) is 48.5 Å². The van der Waals surface area contributed by atoms with Gasteiger partial charge >= 0.3 is 5.97 Å². The number of aryl methyl sites for hydroxylation is 1. The Balaban J connectivity index is 1.33. The number of sulfonamides is 1. The van der Waals surface area contributed by atoms with Gasteiger partial charge in [0.1, 0.15) is 22.6 Å². The van der Waals surface area contributed by atoms with Gasteiger partial charge in [-0.25, -0.2) is 13.2 Å². The molecule has 1 aromatic heterocycles. The lowest BCUT2D eigenvalue weighted by Gasteiger charge is -2.38. The summed E-state index contributed by atoms with van der Waals surface area (Å²) in [5, 5.41) is 9.98. The Kier molecular flexibility index (Phi) is 9.50. The van der Waals surface area contributed by atoms with Crippen molar-refractivity contribution in [3.63, 3.8) is 0 Å². The third-order valence-electron chi connectivity index (χ3n) is 8.84. The fourth-order valence-electron chi connectivity index (χ4n) is 6.25. The zero-order valence-corrected chi connectivity index (χ0v) is 28.3. The van der Waals surface area contributed by atoms with E-state index in [1.807, 2.05) is 42.5 Å². The van der Waals surface area contributed by atoms with E-state index in [1.54, 1.807) is 42.2 Å². The molecular weight excluding hydrogens is 646 g/mol. The number of carbonyl (C=O) groups excluding carboxylic acids is 1. The van der Waals surface area contributed by atoms with Crippen LogP contribution in [0, 0.1) is 6.92 Å². The van der Waals surface area contributed by atoms with E-state index in [1.165, 1.54) is 36.7 Å². The summed E-state index contributed by atoms with van der Waals surface area (Å²) in [6.07, 6.45) is 0.452. The smallest absolute Gasteiger partial charge is 0.372 e. The van der Waals surface area contributed by atoms with Crippen LogP contribution in [-0.4, -0.2) is 77.2 Å². The number of benzene rings is 4. The second kappa shape index (κ2) is 13.9. The first kappa shape index (κ1) is 33.4. The van der Waals surface area contributed by atoms with E-state index in [2.05, 4.69) is 4.90 Å². The Morgan fingerprint density at radius 3 is 2.16 bits per heavy atom. The number of rotatable bonds is 11. The van der Waals surface area contributed by atoms with Crippen LogP contribution in [0.4, 0.5) is 11.4 Å². The Morgan fingerprint density at radius 1 is 0.857 bits per heavy atom. The molecule has 0 atom stereocenters. The van der Waals surface area contributed by atoms with Crippen LogP contribution in [0.5, 0.6) is 11.5 Å². The molecule has 1 fully saturated rings. The summed E-state index contributed by atoms with van der Waals surface area (Å²) in [5.74, 6) is -0.790. The lowest BCUT2D eigenvalue weighted by molar-refractivity contribution is 0.0663. The minimum Gasteiger partial charge on any atom is -0.496 e. The van der Waals surface area contributed by atoms with Crippen LogP contribution in [0.1, 0.15) is 32.0 Å². The van der Waals surface area contributed by atoms with Crippen LogP contribution in [-0.2, 0) is 16.4 Å². The number of furan rings is 1. The SMILES string of the molecule is COc1cccc(OC)c1C(=O)N1CCN(c2ccccc2N(CCc2ccccc2)S(=O)(=O)c2ccc3oc(C(=O)O)c(C)c3c2)CC1. The quantitative estimate of drug-likeness (QED) is 0.182. The molecular formula is C37H37N3O8S. The minimum atomic E-state index is -4.16. The molecule has 0 spiro atoms. The van der Waals surface area contributed by atoms with Crippen molar-refractivity contribution >= 4 is 44.2 Å². The number of aromatic carboxylic acids is 1. The molecule has 0 saturated carbocycles. The molecule has 0 radical (unpaired) electrons. The highest BCUT2D eigenvalue weighted by atomic mass is 32.2. The average molecular weight is 684 g/mol. The molecule has 0 unspecified atom stereocenters. The van der Waals surface area contributed by atoms with Gasteiger partial charge in [0, 0.05) is 43.7 Å². The van der Waals surface area contributed by atoms with Gasteiger partial charge in [0.25, 0.3) is 15.9 Å². The molecule has 0 aliphatic carbocycles. The first-order chi connectivity index (χ1) is 23.6. The highest BCUT2D eigenvalue weighted by molar-refractivity contribution is 7.92. The highest BCUT2D eigenvalue weighted by Crippen LogP contribution is 2.36. The lowest BCUT2D eigenvalue weighted by atomic mass is 10.1. The molecule has 11 nitrogen and oxygen atoms in total. The Hall–Kier alpha value is -5.49. The second-order valence-corrected chi connectivity index (χ2v) is 13.5. The van der Waals surface area contributed by atoms with Crippen molar-refractivity contribution in [1.29, 1.82) is 0 Å².